The van der Waals surface area contributed by atoms with Gasteiger partial charge in [-0.25, -0.2) is 0 Å². The molecule has 2 heterocycles. The second-order valence-electron chi connectivity index (χ2n) is 2.71. The summed E-state index contributed by atoms with van der Waals surface area (Å²) in [6, 6.07) is 5.73. The second-order valence-corrected chi connectivity index (χ2v) is 4.42. The number of hydrogen-bond donors (Lipinski definition) is 2. The highest BCUT2D eigenvalue weighted by Gasteiger charge is 2.11. The third kappa shape index (κ3) is 1.37. The quantitative estimate of drug-likeness (QED) is 0.781. The molecule has 0 fully saturated rings. The van der Waals surface area contributed by atoms with Gasteiger partial charge in [0.2, 0.25) is 0 Å². The molecule has 0 unspecified atom stereocenters. The van der Waals surface area contributed by atoms with E-state index in [1.54, 1.807) is 12.3 Å². The van der Waals surface area contributed by atoms with E-state index in [4.69, 9.17) is 22.6 Å². The number of nitrogens with two attached hydrogens (primary N) is 1. The highest BCUT2D eigenvalue weighted by Crippen LogP contribution is 2.34. The number of aromatic nitrogens is 1. The maximum absolute atomic E-state index is 8.88. The molecule has 0 aromatic carbocycles. The lowest BCUT2D eigenvalue weighted by molar-refractivity contribution is 1.41. The van der Waals surface area contributed by atoms with E-state index in [1.165, 1.54) is 11.3 Å². The van der Waals surface area contributed by atoms with Crippen LogP contribution in [-0.4, -0.2) is 4.98 Å². The van der Waals surface area contributed by atoms with E-state index in [-0.39, 0.29) is 0 Å². The van der Waals surface area contributed by atoms with Crippen molar-refractivity contribution in [1.29, 1.82) is 5.26 Å². The maximum Gasteiger partial charge on any atom is 0.119 e. The Labute approximate surface area is 89.7 Å². The number of nitriles is 1. The van der Waals surface area contributed by atoms with Crippen LogP contribution in [0.1, 0.15) is 5.56 Å². The second kappa shape index (κ2) is 3.37. The van der Waals surface area contributed by atoms with Gasteiger partial charge in [-0.05, 0) is 12.1 Å². The number of halogens is 1. The Bertz CT molecular complexity index is 506. The molecule has 2 aromatic heterocycles. The SMILES string of the molecule is N#Cc1c(-c2ccc(Cl)s2)c[nH]c1N. The molecule has 2 aromatic rings. The number of nitrogens with zero attached hydrogens (tertiary/aromatic N) is 1. The van der Waals surface area contributed by atoms with Gasteiger partial charge in [-0.15, -0.1) is 11.3 Å². The lowest BCUT2D eigenvalue weighted by atomic mass is 10.2. The predicted octanol–water partition coefficient (Wildman–Crippen LogP) is 2.85. The van der Waals surface area contributed by atoms with Crippen molar-refractivity contribution in [2.45, 2.75) is 0 Å². The Hall–Kier alpha value is -1.44. The van der Waals surface area contributed by atoms with Gasteiger partial charge < -0.3 is 10.7 Å². The molecular formula is C9H6ClN3S. The minimum Gasteiger partial charge on any atom is -0.384 e. The van der Waals surface area contributed by atoms with Crippen LogP contribution < -0.4 is 5.73 Å². The zero-order valence-corrected chi connectivity index (χ0v) is 8.62. The van der Waals surface area contributed by atoms with Crippen LogP contribution in [0.2, 0.25) is 4.34 Å². The van der Waals surface area contributed by atoms with E-state index in [2.05, 4.69) is 11.1 Å². The molecule has 0 aliphatic carbocycles. The lowest BCUT2D eigenvalue weighted by Crippen LogP contribution is -1.86. The van der Waals surface area contributed by atoms with Crippen LogP contribution in [0.25, 0.3) is 10.4 Å². The van der Waals surface area contributed by atoms with Crippen molar-refractivity contribution in [3.8, 4) is 16.5 Å². The van der Waals surface area contributed by atoms with Crippen LogP contribution in [0.4, 0.5) is 5.82 Å². The molecule has 0 atom stereocenters. The van der Waals surface area contributed by atoms with E-state index < -0.39 is 0 Å². The minimum absolute atomic E-state index is 0.395. The Kier molecular flexibility index (Phi) is 2.20. The Balaban J connectivity index is 2.58. The predicted molar refractivity (Wildman–Crippen MR) is 58.2 cm³/mol. The average molecular weight is 224 g/mol. The first-order valence-corrected chi connectivity index (χ1v) is 5.04. The summed E-state index contributed by atoms with van der Waals surface area (Å²) in [5.74, 6) is 0.395. The van der Waals surface area contributed by atoms with E-state index in [1.807, 2.05) is 6.07 Å². The van der Waals surface area contributed by atoms with Crippen LogP contribution in [0, 0.1) is 11.3 Å². The van der Waals surface area contributed by atoms with Crippen LogP contribution >= 0.6 is 22.9 Å². The number of hydrogen-bond acceptors (Lipinski definition) is 3. The van der Waals surface area contributed by atoms with Gasteiger partial charge in [0.05, 0.1) is 4.34 Å². The summed E-state index contributed by atoms with van der Waals surface area (Å²) in [4.78, 5) is 3.76. The molecule has 0 spiro atoms. The molecular weight excluding hydrogens is 218 g/mol. The van der Waals surface area contributed by atoms with Crippen molar-refractivity contribution in [3.05, 3.63) is 28.2 Å². The molecule has 0 bridgehead atoms. The molecule has 2 rings (SSSR count). The fourth-order valence-corrected chi connectivity index (χ4v) is 2.28. The average Bonchev–Trinajstić information content (AvgIpc) is 2.71. The van der Waals surface area contributed by atoms with Crippen LogP contribution in [-0.2, 0) is 0 Å². The van der Waals surface area contributed by atoms with Crippen LogP contribution in [0.3, 0.4) is 0 Å². The Morgan fingerprint density at radius 2 is 2.29 bits per heavy atom. The minimum atomic E-state index is 0.395. The summed E-state index contributed by atoms with van der Waals surface area (Å²) in [6.45, 7) is 0. The van der Waals surface area contributed by atoms with Crippen molar-refractivity contribution in [3.63, 3.8) is 0 Å². The van der Waals surface area contributed by atoms with Crippen LogP contribution in [0.5, 0.6) is 0 Å². The van der Waals surface area contributed by atoms with Gasteiger partial charge in [-0.3, -0.25) is 0 Å². The molecule has 0 saturated carbocycles. The van der Waals surface area contributed by atoms with E-state index >= 15 is 0 Å². The Morgan fingerprint density at radius 3 is 2.86 bits per heavy atom. The van der Waals surface area contributed by atoms with Crippen LogP contribution in [0.15, 0.2) is 18.3 Å². The third-order valence-corrected chi connectivity index (χ3v) is 3.13. The number of anilines is 1. The molecule has 0 aliphatic rings. The van der Waals surface area contributed by atoms with E-state index in [9.17, 15) is 0 Å². The first-order chi connectivity index (χ1) is 6.72. The van der Waals surface area contributed by atoms with E-state index in [0.29, 0.717) is 15.7 Å². The first-order valence-electron chi connectivity index (χ1n) is 3.85. The molecule has 0 saturated heterocycles. The smallest absolute Gasteiger partial charge is 0.119 e. The number of aromatic amines is 1. The molecule has 0 radical (unpaired) electrons. The summed E-state index contributed by atoms with van der Waals surface area (Å²) >= 11 is 7.23. The summed E-state index contributed by atoms with van der Waals surface area (Å²) in [7, 11) is 0. The number of rotatable bonds is 1. The van der Waals surface area contributed by atoms with Gasteiger partial charge in [0.1, 0.15) is 17.5 Å². The zero-order valence-electron chi connectivity index (χ0n) is 7.04. The van der Waals surface area contributed by atoms with Gasteiger partial charge >= 0.3 is 0 Å². The van der Waals surface area contributed by atoms with Gasteiger partial charge in [0.25, 0.3) is 0 Å². The summed E-state index contributed by atoms with van der Waals surface area (Å²) in [5.41, 5.74) is 6.87. The van der Waals surface area contributed by atoms with Gasteiger partial charge in [-0.2, -0.15) is 5.26 Å². The summed E-state index contributed by atoms with van der Waals surface area (Å²) in [5, 5.41) is 8.88. The Morgan fingerprint density at radius 1 is 1.50 bits per heavy atom. The summed E-state index contributed by atoms with van der Waals surface area (Å²) in [6.07, 6.45) is 1.72. The third-order valence-electron chi connectivity index (χ3n) is 1.86. The number of thiophene rings is 1. The standard InChI is InChI=1S/C9H6ClN3S/c10-8-2-1-7(14-8)6-4-13-9(12)5(6)3-11/h1-2,4,13H,12H2. The lowest BCUT2D eigenvalue weighted by Gasteiger charge is -1.91. The number of nitrogens with one attached hydrogen (secondary N) is 1. The van der Waals surface area contributed by atoms with Gasteiger partial charge in [-0.1, -0.05) is 11.6 Å². The first kappa shape index (κ1) is 9.13. The van der Waals surface area contributed by atoms with Crippen molar-refractivity contribution in [2.24, 2.45) is 0 Å². The topological polar surface area (TPSA) is 65.6 Å². The van der Waals surface area contributed by atoms with Crippen molar-refractivity contribution in [2.75, 3.05) is 5.73 Å². The van der Waals surface area contributed by atoms with Gasteiger partial charge in [0, 0.05) is 16.6 Å². The largest absolute Gasteiger partial charge is 0.384 e. The molecule has 14 heavy (non-hydrogen) atoms. The molecule has 3 N–H and O–H groups in total. The summed E-state index contributed by atoms with van der Waals surface area (Å²) < 4.78 is 0.698. The van der Waals surface area contributed by atoms with Crippen molar-refractivity contribution < 1.29 is 0 Å². The van der Waals surface area contributed by atoms with Gasteiger partial charge in [0.15, 0.2) is 0 Å². The molecule has 5 heteroatoms. The maximum atomic E-state index is 8.88. The monoisotopic (exact) mass is 223 g/mol. The molecule has 3 nitrogen and oxygen atoms in total. The molecule has 70 valence electrons. The molecule has 0 aliphatic heterocycles. The highest BCUT2D eigenvalue weighted by atomic mass is 35.5. The molecule has 0 amide bonds. The number of H-pyrrole nitrogens is 1. The van der Waals surface area contributed by atoms with Crippen molar-refractivity contribution in [1.82, 2.24) is 4.98 Å². The fraction of sp³-hybridized carbons (Fsp3) is 0. The normalized spacial score (nSPS) is 10.0. The number of nitrogen functional groups attached to an aromatic ring is 1. The fourth-order valence-electron chi connectivity index (χ4n) is 1.21. The van der Waals surface area contributed by atoms with Crippen molar-refractivity contribution >= 4 is 28.8 Å². The zero-order chi connectivity index (χ0) is 10.1. The highest BCUT2D eigenvalue weighted by molar-refractivity contribution is 7.19. The van der Waals surface area contributed by atoms with E-state index in [0.717, 1.165) is 10.4 Å².